The van der Waals surface area contributed by atoms with Gasteiger partial charge in [0.25, 0.3) is 0 Å². The molecule has 1 rings (SSSR count). The zero-order valence-electron chi connectivity index (χ0n) is 12.9. The Labute approximate surface area is 112 Å². The molecule has 0 aliphatic heterocycles. The number of ether oxygens (including phenoxy) is 1. The molecule has 2 heteroatoms. The predicted octanol–water partition coefficient (Wildman–Crippen LogP) is 3.54. The molecule has 18 heavy (non-hydrogen) atoms. The molecule has 0 saturated carbocycles. The summed E-state index contributed by atoms with van der Waals surface area (Å²) < 4.78 is 5.59. The lowest BCUT2D eigenvalue weighted by molar-refractivity contribution is 0.0783. The van der Waals surface area contributed by atoms with Crippen molar-refractivity contribution in [2.24, 2.45) is 0 Å². The van der Waals surface area contributed by atoms with Crippen LogP contribution in [0.4, 0.5) is 0 Å². The third kappa shape index (κ3) is 3.82. The largest absolute Gasteiger partial charge is 0.375 e. The molecule has 1 atom stereocenters. The number of aryl methyl sites for hydroxylation is 1. The summed E-state index contributed by atoms with van der Waals surface area (Å²) in [6.07, 6.45) is 0.146. The lowest BCUT2D eigenvalue weighted by atomic mass is 9.83. The smallest absolute Gasteiger partial charge is 0.0947 e. The quantitative estimate of drug-likeness (QED) is 0.809. The fourth-order valence-corrected chi connectivity index (χ4v) is 2.38. The van der Waals surface area contributed by atoms with Gasteiger partial charge in [-0.1, -0.05) is 39.0 Å². The van der Waals surface area contributed by atoms with Gasteiger partial charge in [0.2, 0.25) is 0 Å². The van der Waals surface area contributed by atoms with Gasteiger partial charge in [0, 0.05) is 13.7 Å². The fraction of sp³-hybridized carbons (Fsp3) is 0.625. The Morgan fingerprint density at radius 3 is 2.22 bits per heavy atom. The molecule has 0 spiro atoms. The minimum atomic E-state index is 0.146. The van der Waals surface area contributed by atoms with Crippen molar-refractivity contribution in [3.63, 3.8) is 0 Å². The van der Waals surface area contributed by atoms with Crippen molar-refractivity contribution in [1.29, 1.82) is 0 Å². The van der Waals surface area contributed by atoms with Gasteiger partial charge < -0.3 is 9.64 Å². The Kier molecular flexibility index (Phi) is 4.94. The molecule has 1 unspecified atom stereocenters. The van der Waals surface area contributed by atoms with Crippen molar-refractivity contribution in [3.05, 3.63) is 34.9 Å². The third-order valence-corrected chi connectivity index (χ3v) is 3.25. The van der Waals surface area contributed by atoms with E-state index in [9.17, 15) is 0 Å². The summed E-state index contributed by atoms with van der Waals surface area (Å²) >= 11 is 0. The first-order valence-corrected chi connectivity index (χ1v) is 6.54. The number of hydrogen-bond donors (Lipinski definition) is 0. The second kappa shape index (κ2) is 5.85. The van der Waals surface area contributed by atoms with Crippen LogP contribution in [0.5, 0.6) is 0 Å². The number of rotatable bonds is 4. The van der Waals surface area contributed by atoms with Crippen LogP contribution in [-0.4, -0.2) is 32.6 Å². The summed E-state index contributed by atoms with van der Waals surface area (Å²) in [6, 6.07) is 6.70. The summed E-state index contributed by atoms with van der Waals surface area (Å²) in [5, 5.41) is 0. The zero-order valence-corrected chi connectivity index (χ0v) is 12.9. The Morgan fingerprint density at radius 1 is 1.22 bits per heavy atom. The second-order valence-corrected chi connectivity index (χ2v) is 6.31. The highest BCUT2D eigenvalue weighted by molar-refractivity contribution is 5.36. The Morgan fingerprint density at radius 2 is 1.83 bits per heavy atom. The molecule has 0 bridgehead atoms. The molecule has 0 saturated heterocycles. The molecule has 0 heterocycles. The van der Waals surface area contributed by atoms with Crippen molar-refractivity contribution in [1.82, 2.24) is 4.90 Å². The number of likely N-dealkylation sites (N-methyl/N-ethyl adjacent to an activating group) is 1. The fourth-order valence-electron chi connectivity index (χ4n) is 2.38. The lowest BCUT2D eigenvalue weighted by Crippen LogP contribution is -2.22. The van der Waals surface area contributed by atoms with Gasteiger partial charge in [0.1, 0.15) is 0 Å². The lowest BCUT2D eigenvalue weighted by Gasteiger charge is -2.25. The third-order valence-electron chi connectivity index (χ3n) is 3.25. The molecule has 0 amide bonds. The normalized spacial score (nSPS) is 14.0. The zero-order chi connectivity index (χ0) is 13.9. The van der Waals surface area contributed by atoms with Crippen LogP contribution in [0.3, 0.4) is 0 Å². The predicted molar refractivity (Wildman–Crippen MR) is 78.2 cm³/mol. The molecular formula is C16H27NO. The van der Waals surface area contributed by atoms with Crippen molar-refractivity contribution in [2.45, 2.75) is 39.2 Å². The van der Waals surface area contributed by atoms with Crippen LogP contribution in [0.25, 0.3) is 0 Å². The van der Waals surface area contributed by atoms with E-state index in [0.29, 0.717) is 0 Å². The van der Waals surface area contributed by atoms with Crippen LogP contribution < -0.4 is 0 Å². The molecule has 0 aromatic heterocycles. The summed E-state index contributed by atoms with van der Waals surface area (Å²) in [5.41, 5.74) is 4.22. The Hall–Kier alpha value is -0.860. The van der Waals surface area contributed by atoms with Crippen LogP contribution >= 0.6 is 0 Å². The van der Waals surface area contributed by atoms with Crippen molar-refractivity contribution in [3.8, 4) is 0 Å². The number of methoxy groups -OCH3 is 1. The van der Waals surface area contributed by atoms with E-state index in [2.05, 4.69) is 64.9 Å². The standard InChI is InChI=1S/C16H27NO/c1-12-10-13(15(18-7)11-17(5)6)8-9-14(12)16(2,3)4/h8-10,15H,11H2,1-7H3. The first kappa shape index (κ1) is 15.2. The van der Waals surface area contributed by atoms with Crippen LogP contribution in [0, 0.1) is 6.92 Å². The van der Waals surface area contributed by atoms with Gasteiger partial charge in [-0.25, -0.2) is 0 Å². The first-order chi connectivity index (χ1) is 8.25. The van der Waals surface area contributed by atoms with E-state index in [-0.39, 0.29) is 11.5 Å². The molecular weight excluding hydrogens is 222 g/mol. The van der Waals surface area contributed by atoms with Gasteiger partial charge in [-0.3, -0.25) is 0 Å². The van der Waals surface area contributed by atoms with Crippen LogP contribution in [0.15, 0.2) is 18.2 Å². The SMILES string of the molecule is COC(CN(C)C)c1ccc(C(C)(C)C)c(C)c1. The second-order valence-electron chi connectivity index (χ2n) is 6.31. The topological polar surface area (TPSA) is 12.5 Å². The highest BCUT2D eigenvalue weighted by Crippen LogP contribution is 2.28. The molecule has 2 nitrogen and oxygen atoms in total. The van der Waals surface area contributed by atoms with Crippen LogP contribution in [0.1, 0.15) is 43.6 Å². The molecule has 1 aromatic carbocycles. The number of benzene rings is 1. The maximum atomic E-state index is 5.59. The minimum Gasteiger partial charge on any atom is -0.375 e. The molecule has 0 fully saturated rings. The van der Waals surface area contributed by atoms with E-state index in [1.807, 2.05) is 0 Å². The average molecular weight is 249 g/mol. The Bertz CT molecular complexity index is 391. The van der Waals surface area contributed by atoms with Crippen LogP contribution in [-0.2, 0) is 10.2 Å². The summed E-state index contributed by atoms with van der Waals surface area (Å²) in [7, 11) is 5.92. The van der Waals surface area contributed by atoms with Crippen LogP contribution in [0.2, 0.25) is 0 Å². The number of hydrogen-bond acceptors (Lipinski definition) is 2. The highest BCUT2D eigenvalue weighted by Gasteiger charge is 2.18. The highest BCUT2D eigenvalue weighted by atomic mass is 16.5. The molecule has 0 aliphatic rings. The van der Waals surface area contributed by atoms with Gasteiger partial charge >= 0.3 is 0 Å². The Balaban J connectivity index is 3.02. The summed E-state index contributed by atoms with van der Waals surface area (Å²) in [4.78, 5) is 2.15. The molecule has 102 valence electrons. The minimum absolute atomic E-state index is 0.146. The average Bonchev–Trinajstić information content (AvgIpc) is 2.23. The van der Waals surface area contributed by atoms with Gasteiger partial charge in [-0.2, -0.15) is 0 Å². The van der Waals surface area contributed by atoms with Gasteiger partial charge in [0.05, 0.1) is 6.10 Å². The van der Waals surface area contributed by atoms with E-state index >= 15 is 0 Å². The van der Waals surface area contributed by atoms with Crippen molar-refractivity contribution in [2.75, 3.05) is 27.7 Å². The molecule has 1 aromatic rings. The van der Waals surface area contributed by atoms with E-state index in [1.165, 1.54) is 16.7 Å². The molecule has 0 aliphatic carbocycles. The van der Waals surface area contributed by atoms with E-state index in [4.69, 9.17) is 4.74 Å². The first-order valence-electron chi connectivity index (χ1n) is 6.54. The van der Waals surface area contributed by atoms with E-state index < -0.39 is 0 Å². The van der Waals surface area contributed by atoms with Gasteiger partial charge in [0.15, 0.2) is 0 Å². The summed E-state index contributed by atoms with van der Waals surface area (Å²) in [5.74, 6) is 0. The molecule has 0 N–H and O–H groups in total. The van der Waals surface area contributed by atoms with Gasteiger partial charge in [-0.05, 0) is 43.1 Å². The molecule has 0 radical (unpaired) electrons. The maximum Gasteiger partial charge on any atom is 0.0947 e. The summed E-state index contributed by atoms with van der Waals surface area (Å²) in [6.45, 7) is 9.85. The monoisotopic (exact) mass is 249 g/mol. The van der Waals surface area contributed by atoms with Gasteiger partial charge in [-0.15, -0.1) is 0 Å². The van der Waals surface area contributed by atoms with Crippen molar-refractivity contribution < 1.29 is 4.74 Å². The number of nitrogens with zero attached hydrogens (tertiary/aromatic N) is 1. The maximum absolute atomic E-state index is 5.59. The van der Waals surface area contributed by atoms with E-state index in [1.54, 1.807) is 7.11 Å². The van der Waals surface area contributed by atoms with Crippen molar-refractivity contribution >= 4 is 0 Å². The van der Waals surface area contributed by atoms with E-state index in [0.717, 1.165) is 6.54 Å².